The molecule has 6 heteroatoms. The zero-order valence-corrected chi connectivity index (χ0v) is 19.4. The molecule has 0 saturated heterocycles. The summed E-state index contributed by atoms with van der Waals surface area (Å²) in [5.41, 5.74) is 6.44. The average Bonchev–Trinajstić information content (AvgIpc) is 3.06. The maximum Gasteiger partial charge on any atom is 0.432 e. The number of unbranched alkanes of at least 4 members (excludes halogenated alkanes) is 6. The Kier molecular flexibility index (Phi) is 14.3. The molecule has 0 fully saturated rings. The molecule has 3 rings (SSSR count). The van der Waals surface area contributed by atoms with E-state index in [2.05, 4.69) is 62.4 Å². The smallest absolute Gasteiger partial charge is 0.430 e. The molecule has 0 amide bonds. The summed E-state index contributed by atoms with van der Waals surface area (Å²) in [6.45, 7) is 4.61. The van der Waals surface area contributed by atoms with Crippen molar-refractivity contribution in [2.45, 2.75) is 83.5 Å². The molecule has 1 aliphatic carbocycles. The quantitative estimate of drug-likeness (QED) is 0.336. The molecule has 0 aliphatic heterocycles. The molecule has 31 heavy (non-hydrogen) atoms. The summed E-state index contributed by atoms with van der Waals surface area (Å²) in [6.07, 6.45) is 13.4. The van der Waals surface area contributed by atoms with Crippen LogP contribution in [0.3, 0.4) is 0 Å². The van der Waals surface area contributed by atoms with Gasteiger partial charge in [-0.25, -0.2) is 0 Å². The number of hydrogen-bond donors (Lipinski definition) is 4. The van der Waals surface area contributed by atoms with Gasteiger partial charge in [0.1, 0.15) is 0 Å². The molecule has 0 saturated carbocycles. The van der Waals surface area contributed by atoms with Crippen molar-refractivity contribution in [1.82, 2.24) is 0 Å². The van der Waals surface area contributed by atoms with Gasteiger partial charge in [-0.1, -0.05) is 114 Å². The summed E-state index contributed by atoms with van der Waals surface area (Å²) in [7, 11) is -1.50. The van der Waals surface area contributed by atoms with Gasteiger partial charge in [0.2, 0.25) is 0 Å². The van der Waals surface area contributed by atoms with Gasteiger partial charge < -0.3 is 20.1 Å². The molecule has 0 heterocycles. The monoisotopic (exact) mass is 426 g/mol. The van der Waals surface area contributed by atoms with Crippen LogP contribution in [0.25, 0.3) is 11.1 Å². The molecular weight excluding hydrogens is 386 g/mol. The van der Waals surface area contributed by atoms with Gasteiger partial charge in [0.15, 0.2) is 0 Å². The molecule has 2 aromatic rings. The highest BCUT2D eigenvalue weighted by molar-refractivity contribution is 6.13. The predicted octanol–water partition coefficient (Wildman–Crippen LogP) is 4.37. The molecule has 4 nitrogen and oxygen atoms in total. The van der Waals surface area contributed by atoms with E-state index in [1.807, 2.05) is 0 Å². The maximum atomic E-state index is 7.12. The molecule has 0 aromatic heterocycles. The van der Waals surface area contributed by atoms with Crippen LogP contribution in [0, 0.1) is 0 Å². The van der Waals surface area contributed by atoms with Crippen molar-refractivity contribution in [1.29, 1.82) is 0 Å². The van der Waals surface area contributed by atoms with Crippen LogP contribution in [-0.4, -0.2) is 35.5 Å². The highest BCUT2D eigenvalue weighted by Crippen LogP contribution is 2.53. The van der Waals surface area contributed by atoms with Gasteiger partial charge in [-0.15, -0.1) is 0 Å². The SMILES string of the molecule is CCCCCCC1(CCCCCC)c2ccccc2-c2ccccc21.OBO.OBO. The third-order valence-corrected chi connectivity index (χ3v) is 6.09. The lowest BCUT2D eigenvalue weighted by Crippen LogP contribution is -2.25. The molecular formula is C25H40B2O4. The summed E-state index contributed by atoms with van der Waals surface area (Å²) in [5.74, 6) is 0. The Bertz CT molecular complexity index is 663. The molecule has 170 valence electrons. The van der Waals surface area contributed by atoms with Crippen LogP contribution in [-0.2, 0) is 5.41 Å². The molecule has 0 bridgehead atoms. The van der Waals surface area contributed by atoms with Gasteiger partial charge in [0.25, 0.3) is 0 Å². The van der Waals surface area contributed by atoms with Crippen molar-refractivity contribution in [3.8, 4) is 11.1 Å². The third kappa shape index (κ3) is 7.80. The van der Waals surface area contributed by atoms with Crippen molar-refractivity contribution in [2.75, 3.05) is 0 Å². The molecule has 0 radical (unpaired) electrons. The number of hydrogen-bond acceptors (Lipinski definition) is 4. The van der Waals surface area contributed by atoms with Crippen LogP contribution in [0.5, 0.6) is 0 Å². The second-order valence-electron chi connectivity index (χ2n) is 8.08. The van der Waals surface area contributed by atoms with E-state index in [-0.39, 0.29) is 5.41 Å². The van der Waals surface area contributed by atoms with Crippen LogP contribution in [0.15, 0.2) is 48.5 Å². The van der Waals surface area contributed by atoms with E-state index < -0.39 is 15.4 Å². The maximum absolute atomic E-state index is 7.12. The zero-order chi connectivity index (χ0) is 23.0. The van der Waals surface area contributed by atoms with Crippen LogP contribution in [0.2, 0.25) is 0 Å². The normalized spacial score (nSPS) is 12.5. The van der Waals surface area contributed by atoms with Crippen molar-refractivity contribution in [3.05, 3.63) is 59.7 Å². The molecule has 0 atom stereocenters. The summed E-state index contributed by atoms with van der Waals surface area (Å²) >= 11 is 0. The molecule has 0 unspecified atom stereocenters. The van der Waals surface area contributed by atoms with E-state index in [1.165, 1.54) is 75.3 Å². The number of fused-ring (bicyclic) bond motifs is 3. The first kappa shape index (κ1) is 27.4. The van der Waals surface area contributed by atoms with Gasteiger partial charge in [-0.05, 0) is 35.1 Å². The van der Waals surface area contributed by atoms with E-state index in [0.29, 0.717) is 0 Å². The first-order chi connectivity index (χ1) is 15.2. The molecule has 2 aromatic carbocycles. The van der Waals surface area contributed by atoms with Crippen molar-refractivity contribution < 1.29 is 20.1 Å². The fraction of sp³-hybridized carbons (Fsp3) is 0.520. The minimum atomic E-state index is -0.750. The fourth-order valence-electron chi connectivity index (χ4n) is 4.79. The van der Waals surface area contributed by atoms with Crippen LogP contribution >= 0.6 is 0 Å². The lowest BCUT2D eigenvalue weighted by Gasteiger charge is -2.33. The minimum absolute atomic E-state index is 0.259. The summed E-state index contributed by atoms with van der Waals surface area (Å²) in [5, 5.41) is 28.5. The average molecular weight is 426 g/mol. The topological polar surface area (TPSA) is 80.9 Å². The first-order valence-corrected chi connectivity index (χ1v) is 11.8. The summed E-state index contributed by atoms with van der Waals surface area (Å²) in [6, 6.07) is 18.4. The van der Waals surface area contributed by atoms with Crippen molar-refractivity contribution in [2.24, 2.45) is 0 Å². The van der Waals surface area contributed by atoms with Gasteiger partial charge in [0.05, 0.1) is 0 Å². The number of benzene rings is 2. The Morgan fingerprint density at radius 1 is 0.581 bits per heavy atom. The lowest BCUT2D eigenvalue weighted by molar-refractivity contribution is 0.401. The molecule has 0 spiro atoms. The second-order valence-corrected chi connectivity index (χ2v) is 8.08. The van der Waals surface area contributed by atoms with Crippen LogP contribution < -0.4 is 0 Å². The first-order valence-electron chi connectivity index (χ1n) is 11.8. The largest absolute Gasteiger partial charge is 0.432 e. The third-order valence-electron chi connectivity index (χ3n) is 6.09. The predicted molar refractivity (Wildman–Crippen MR) is 133 cm³/mol. The lowest BCUT2D eigenvalue weighted by atomic mass is 9.70. The van der Waals surface area contributed by atoms with Crippen LogP contribution in [0.1, 0.15) is 89.2 Å². The van der Waals surface area contributed by atoms with E-state index in [9.17, 15) is 0 Å². The van der Waals surface area contributed by atoms with E-state index in [1.54, 1.807) is 11.1 Å². The highest BCUT2D eigenvalue weighted by atomic mass is 16.4. The van der Waals surface area contributed by atoms with E-state index >= 15 is 0 Å². The minimum Gasteiger partial charge on any atom is -0.430 e. The van der Waals surface area contributed by atoms with Gasteiger partial charge in [0, 0.05) is 5.41 Å². The number of rotatable bonds is 10. The summed E-state index contributed by atoms with van der Waals surface area (Å²) < 4.78 is 0. The highest BCUT2D eigenvalue weighted by Gasteiger charge is 2.41. The van der Waals surface area contributed by atoms with Gasteiger partial charge >= 0.3 is 15.4 Å². The van der Waals surface area contributed by atoms with Gasteiger partial charge in [-0.3, -0.25) is 0 Å². The second kappa shape index (κ2) is 16.1. The summed E-state index contributed by atoms with van der Waals surface area (Å²) in [4.78, 5) is 0. The zero-order valence-electron chi connectivity index (χ0n) is 19.4. The Labute approximate surface area is 190 Å². The Morgan fingerprint density at radius 2 is 0.935 bits per heavy atom. The van der Waals surface area contributed by atoms with Gasteiger partial charge in [-0.2, -0.15) is 0 Å². The van der Waals surface area contributed by atoms with Crippen LogP contribution in [0.4, 0.5) is 0 Å². The Hall–Kier alpha value is -1.59. The molecule has 4 N–H and O–H groups in total. The Morgan fingerprint density at radius 3 is 1.29 bits per heavy atom. The Balaban J connectivity index is 0.000000720. The van der Waals surface area contributed by atoms with Crippen molar-refractivity contribution >= 4 is 15.4 Å². The fourth-order valence-corrected chi connectivity index (χ4v) is 4.79. The standard InChI is InChI=1S/C25H34.2BH3O2/c1-3-5-7-13-19-25(20-14-8-6-4-2)23-17-11-9-15-21(23)22-16-10-12-18-24(22)25;2*2-1-3/h9-12,15-18H,3-8,13-14,19-20H2,1-2H3;2*1-3H. The van der Waals surface area contributed by atoms with E-state index in [4.69, 9.17) is 20.1 Å². The van der Waals surface area contributed by atoms with E-state index in [0.717, 1.165) is 0 Å². The molecule has 1 aliphatic rings. The van der Waals surface area contributed by atoms with Crippen molar-refractivity contribution in [3.63, 3.8) is 0 Å².